The molecule has 0 fully saturated rings. The van der Waals surface area contributed by atoms with Gasteiger partial charge < -0.3 is 0 Å². The normalized spacial score (nSPS) is 15.6. The lowest BCUT2D eigenvalue weighted by Crippen LogP contribution is -2.56. The van der Waals surface area contributed by atoms with Crippen molar-refractivity contribution in [3.05, 3.63) is 0 Å². The van der Waals surface area contributed by atoms with Gasteiger partial charge in [0, 0.05) is 0 Å². The Morgan fingerprint density at radius 1 is 0.650 bits per heavy atom. The lowest BCUT2D eigenvalue weighted by molar-refractivity contribution is 0.607. The molecule has 0 aliphatic rings. The van der Waals surface area contributed by atoms with Gasteiger partial charge in [-0.3, -0.25) is 14.7 Å². The third-order valence-electron chi connectivity index (χ3n) is 3.66. The van der Waals surface area contributed by atoms with Crippen LogP contribution in [0.5, 0.6) is 0 Å². The van der Waals surface area contributed by atoms with Crippen LogP contribution in [0, 0.1) is 0 Å². The molecule has 0 aromatic heterocycles. The molecule has 0 aromatic rings. The zero-order valence-corrected chi connectivity index (χ0v) is 18.5. The Balaban J connectivity index is 5.78. The maximum absolute atomic E-state index is 10.5. The zero-order valence-electron chi connectivity index (χ0n) is 14.8. The Hall–Kier alpha value is 1.39. The van der Waals surface area contributed by atoms with E-state index in [-0.39, 0.29) is 5.04 Å². The molecule has 0 aliphatic heterocycles. The van der Waals surface area contributed by atoms with Gasteiger partial charge in [-0.05, 0) is 5.04 Å². The molecule has 0 aromatic carbocycles. The highest BCUT2D eigenvalue weighted by Gasteiger charge is 2.60. The van der Waals surface area contributed by atoms with E-state index in [4.69, 9.17) is 0 Å². The first-order valence-electron chi connectivity index (χ1n) is 7.04. The molecule has 0 amide bonds. The topological polar surface area (TPSA) is 60.7 Å². The molecule has 0 heterocycles. The maximum Gasteiger partial charge on any atom is 0.196 e. The van der Waals surface area contributed by atoms with Gasteiger partial charge in [-0.2, -0.15) is 0 Å². The van der Waals surface area contributed by atoms with E-state index in [1.54, 1.807) is 0 Å². The van der Waals surface area contributed by atoms with E-state index in [1.165, 1.54) is 0 Å². The fourth-order valence-corrected chi connectivity index (χ4v) is 30.5. The summed E-state index contributed by atoms with van der Waals surface area (Å²) in [6.07, 6.45) is 0. The van der Waals surface area contributed by atoms with Crippen LogP contribution in [0.15, 0.2) is 0 Å². The van der Waals surface area contributed by atoms with Crippen LogP contribution < -0.4 is 0 Å². The molecule has 0 radical (unpaired) electrons. The maximum atomic E-state index is 10.5. The summed E-state index contributed by atoms with van der Waals surface area (Å²) < 4.78 is 0. The summed E-state index contributed by atoms with van der Waals surface area (Å²) in [5.74, 6) is 2.53. The average molecular weight is 361 g/mol. The summed E-state index contributed by atoms with van der Waals surface area (Å²) in [6.45, 7) is 18.5. The van der Waals surface area contributed by atoms with Crippen LogP contribution in [0.2, 0.25) is 5.04 Å². The quantitative estimate of drug-likeness (QED) is 0.502. The van der Waals surface area contributed by atoms with Gasteiger partial charge in [-0.25, -0.2) is 0 Å². The molecule has 0 saturated heterocycles. The molecule has 0 rings (SSSR count). The highest BCUT2D eigenvalue weighted by Crippen LogP contribution is 2.63. The monoisotopic (exact) mass is 361 g/mol. The van der Waals surface area contributed by atoms with Crippen LogP contribution in [-0.4, -0.2) is 80.1 Å². The van der Waals surface area contributed by atoms with Crippen molar-refractivity contribution in [3.63, 3.8) is 0 Å². The van der Waals surface area contributed by atoms with Crippen molar-refractivity contribution in [3.8, 4) is 0 Å². The van der Waals surface area contributed by atoms with Gasteiger partial charge in [0.2, 0.25) is 0 Å². The smallest absolute Gasteiger partial charge is 0.196 e. The average Bonchev–Trinajstić information content (AvgIpc) is 1.88. The Morgan fingerprint density at radius 3 is 0.950 bits per heavy atom. The van der Waals surface area contributed by atoms with E-state index < -0.39 is 30.5 Å². The van der Waals surface area contributed by atoms with E-state index >= 15 is 0 Å². The number of hydrogen-bond acceptors (Lipinski definition) is 3. The fourth-order valence-electron chi connectivity index (χ4n) is 3.08. The molecule has 0 spiro atoms. The van der Waals surface area contributed by atoms with Crippen molar-refractivity contribution in [2.24, 2.45) is 0 Å². The molecule has 0 aliphatic carbocycles. The van der Waals surface area contributed by atoms with Crippen LogP contribution in [0.3, 0.4) is 0 Å². The first kappa shape index (κ1) is 21.4. The Kier molecular flexibility index (Phi) is 6.93. The fraction of sp³-hybridized carbons (Fsp3) is 1.00. The summed E-state index contributed by atoms with van der Waals surface area (Å²) >= 11 is 0. The summed E-state index contributed by atoms with van der Waals surface area (Å²) in [4.78, 5) is 31.6. The largest absolute Gasteiger partial charge is 0.253 e. The second-order valence-corrected chi connectivity index (χ2v) is 26.4. The van der Waals surface area contributed by atoms with E-state index in [0.29, 0.717) is 0 Å². The standard InChI is InChI=1S/C13H36O3P3Si/c1-13(2,3)20(10-17(4,5)14,11-18(6,7)15)12-19(8,9)16/h14-16H,10-12H2,1-9H3/q+3. The third-order valence-corrected chi connectivity index (χ3v) is 23.4. The number of hydrogen-bond donors (Lipinski definition) is 3. The zero-order chi connectivity index (χ0) is 16.6. The van der Waals surface area contributed by atoms with Crippen molar-refractivity contribution >= 4 is 30.5 Å². The van der Waals surface area contributed by atoms with Gasteiger partial charge in [0.1, 0.15) is 22.5 Å². The second kappa shape index (κ2) is 6.48. The molecule has 7 heteroatoms. The van der Waals surface area contributed by atoms with Gasteiger partial charge in [0.05, 0.1) is 57.3 Å². The van der Waals surface area contributed by atoms with Crippen LogP contribution in [0.1, 0.15) is 20.8 Å². The molecule has 0 saturated carbocycles. The summed E-state index contributed by atoms with van der Waals surface area (Å²) in [6, 6.07) is 0. The van der Waals surface area contributed by atoms with Gasteiger partial charge in [0.15, 0.2) is 8.07 Å². The highest BCUT2D eigenvalue weighted by molar-refractivity contribution is 7.77. The predicted octanol–water partition coefficient (Wildman–Crippen LogP) is 3.41. The van der Waals surface area contributed by atoms with Crippen molar-refractivity contribution in [1.29, 1.82) is 0 Å². The molecule has 122 valence electrons. The minimum absolute atomic E-state index is 0.0764. The minimum Gasteiger partial charge on any atom is -0.253 e. The lowest BCUT2D eigenvalue weighted by atomic mass is 10.2. The Morgan fingerprint density at radius 2 is 0.850 bits per heavy atom. The SMILES string of the molecule is CC(C)(C)[Si](C[P+](C)(C)O)(C[P+](C)(C)O)C[P+](C)(C)O. The molecule has 3 nitrogen and oxygen atoms in total. The molecular weight excluding hydrogens is 325 g/mol. The molecular formula is C13H36O3P3Si+3. The highest BCUT2D eigenvalue weighted by atomic mass is 31.2. The van der Waals surface area contributed by atoms with Crippen molar-refractivity contribution in [1.82, 2.24) is 0 Å². The molecule has 20 heavy (non-hydrogen) atoms. The van der Waals surface area contributed by atoms with Crippen LogP contribution in [-0.2, 0) is 0 Å². The minimum atomic E-state index is -2.01. The molecule has 0 unspecified atom stereocenters. The molecule has 0 atom stereocenters. The third kappa shape index (κ3) is 8.13. The van der Waals surface area contributed by atoms with Crippen molar-refractivity contribution in [2.75, 3.05) is 57.3 Å². The summed E-state index contributed by atoms with van der Waals surface area (Å²) in [5, 5.41) is 0.0764. The molecule has 0 bridgehead atoms. The van der Waals surface area contributed by atoms with Crippen LogP contribution >= 0.6 is 22.5 Å². The predicted molar refractivity (Wildman–Crippen MR) is 103 cm³/mol. The summed E-state index contributed by atoms with van der Waals surface area (Å²) in [7, 11) is -7.80. The van der Waals surface area contributed by atoms with Gasteiger partial charge in [-0.1, -0.05) is 20.8 Å². The first-order valence-corrected chi connectivity index (χ1v) is 18.1. The lowest BCUT2D eigenvalue weighted by Gasteiger charge is -2.42. The Bertz CT molecular complexity index is 281. The van der Waals surface area contributed by atoms with Gasteiger partial charge in [0.25, 0.3) is 0 Å². The summed E-state index contributed by atoms with van der Waals surface area (Å²) in [5.41, 5.74) is 0. The van der Waals surface area contributed by atoms with Gasteiger partial charge in [-0.15, -0.1) is 0 Å². The van der Waals surface area contributed by atoms with E-state index in [1.807, 2.05) is 40.0 Å². The van der Waals surface area contributed by atoms with Gasteiger partial charge >= 0.3 is 0 Å². The Labute approximate surface area is 128 Å². The van der Waals surface area contributed by atoms with E-state index in [9.17, 15) is 14.7 Å². The second-order valence-electron chi connectivity index (χ2n) is 8.87. The van der Waals surface area contributed by atoms with E-state index in [2.05, 4.69) is 20.8 Å². The van der Waals surface area contributed by atoms with E-state index in [0.717, 1.165) is 17.4 Å². The van der Waals surface area contributed by atoms with Crippen molar-refractivity contribution < 1.29 is 14.7 Å². The molecule has 3 N–H and O–H groups in total. The van der Waals surface area contributed by atoms with Crippen LogP contribution in [0.25, 0.3) is 0 Å². The number of rotatable bonds is 6. The van der Waals surface area contributed by atoms with Crippen LogP contribution in [0.4, 0.5) is 0 Å². The first-order chi connectivity index (χ1) is 8.37. The van der Waals surface area contributed by atoms with Crippen molar-refractivity contribution in [2.45, 2.75) is 25.8 Å².